The van der Waals surface area contributed by atoms with Crippen molar-refractivity contribution in [2.75, 3.05) is 23.8 Å². The summed E-state index contributed by atoms with van der Waals surface area (Å²) in [6.45, 7) is 3.92. The molecule has 1 heterocycles. The lowest BCUT2D eigenvalue weighted by molar-refractivity contribution is -0.118. The van der Waals surface area contributed by atoms with Crippen molar-refractivity contribution >= 4 is 51.6 Å². The first-order valence-electron chi connectivity index (χ1n) is 12.8. The number of para-hydroxylation sites is 1. The van der Waals surface area contributed by atoms with Crippen molar-refractivity contribution in [3.8, 4) is 5.75 Å². The van der Waals surface area contributed by atoms with Crippen LogP contribution in [0, 0.1) is 0 Å². The zero-order chi connectivity index (χ0) is 26.9. The van der Waals surface area contributed by atoms with E-state index in [1.165, 1.54) is 23.1 Å². The van der Waals surface area contributed by atoms with E-state index < -0.39 is 0 Å². The van der Waals surface area contributed by atoms with Gasteiger partial charge >= 0.3 is 5.97 Å². The Morgan fingerprint density at radius 1 is 1.00 bits per heavy atom. The fraction of sp³-hybridized carbons (Fsp3) is 0.345. The molecule has 0 radical (unpaired) electrons. The van der Waals surface area contributed by atoms with Crippen molar-refractivity contribution in [1.29, 1.82) is 0 Å². The molecule has 1 aromatic heterocycles. The number of amides is 2. The summed E-state index contributed by atoms with van der Waals surface area (Å²) in [5, 5.41) is 6.08. The molecule has 9 heteroatoms. The predicted octanol–water partition coefficient (Wildman–Crippen LogP) is 6.33. The smallest absolute Gasteiger partial charge is 0.341 e. The number of fused-ring (bicyclic) bond motifs is 1. The standard InChI is InChI=1S/C29H32N2O5S2/c1-3-23(27(33)31-28-26(29(34)35-4-2)22-15-8-9-16-24(22)38-28)37-21-14-10-11-19(17-21)30-25(32)18-36-20-12-6-5-7-13-20/h5-7,10-14,17,23H,3-4,8-9,15-16,18H2,1-2H3,(H,30,32)(H,31,33). The molecule has 0 bridgehead atoms. The van der Waals surface area contributed by atoms with Crippen molar-refractivity contribution in [3.63, 3.8) is 0 Å². The minimum atomic E-state index is -0.378. The van der Waals surface area contributed by atoms with E-state index in [-0.39, 0.29) is 36.2 Å². The van der Waals surface area contributed by atoms with E-state index in [1.807, 2.05) is 43.3 Å². The van der Waals surface area contributed by atoms with Crippen LogP contribution in [0.3, 0.4) is 0 Å². The largest absolute Gasteiger partial charge is 0.484 e. The number of thioether (sulfide) groups is 1. The van der Waals surface area contributed by atoms with Gasteiger partial charge in [-0.2, -0.15) is 0 Å². The molecule has 2 aromatic carbocycles. The molecule has 4 rings (SSSR count). The molecule has 2 amide bonds. The Hall–Kier alpha value is -3.30. The third kappa shape index (κ3) is 7.17. The Bertz CT molecular complexity index is 1280. The average Bonchev–Trinajstić information content (AvgIpc) is 3.29. The SMILES string of the molecule is CCOC(=O)c1c(NC(=O)C(CC)Sc2cccc(NC(=O)COc3ccccc3)c2)sc2c1CCCC2. The van der Waals surface area contributed by atoms with Crippen LogP contribution in [-0.4, -0.2) is 36.2 Å². The zero-order valence-electron chi connectivity index (χ0n) is 21.6. The summed E-state index contributed by atoms with van der Waals surface area (Å²) < 4.78 is 10.8. The maximum absolute atomic E-state index is 13.3. The summed E-state index contributed by atoms with van der Waals surface area (Å²) in [6, 6.07) is 16.5. The van der Waals surface area contributed by atoms with Gasteiger partial charge in [-0.05, 0) is 74.9 Å². The topological polar surface area (TPSA) is 93.7 Å². The molecule has 0 aliphatic heterocycles. The molecule has 7 nitrogen and oxygen atoms in total. The molecule has 1 atom stereocenters. The van der Waals surface area contributed by atoms with Gasteiger partial charge < -0.3 is 20.1 Å². The minimum absolute atomic E-state index is 0.102. The molecule has 0 fully saturated rings. The van der Waals surface area contributed by atoms with Gasteiger partial charge in [0.1, 0.15) is 10.8 Å². The number of esters is 1. The van der Waals surface area contributed by atoms with Crippen molar-refractivity contribution in [2.24, 2.45) is 0 Å². The quantitative estimate of drug-likeness (QED) is 0.213. The maximum atomic E-state index is 13.3. The number of hydrogen-bond donors (Lipinski definition) is 2. The molecule has 1 aliphatic rings. The van der Waals surface area contributed by atoms with Crippen LogP contribution in [0.5, 0.6) is 5.75 Å². The number of thiophene rings is 1. The van der Waals surface area contributed by atoms with Crippen LogP contribution in [-0.2, 0) is 27.2 Å². The van der Waals surface area contributed by atoms with E-state index >= 15 is 0 Å². The second-order valence-corrected chi connectivity index (χ2v) is 11.2. The molecular formula is C29H32N2O5S2. The van der Waals surface area contributed by atoms with E-state index in [4.69, 9.17) is 9.47 Å². The van der Waals surface area contributed by atoms with E-state index in [0.717, 1.165) is 41.0 Å². The van der Waals surface area contributed by atoms with Crippen molar-refractivity contribution < 1.29 is 23.9 Å². The van der Waals surface area contributed by atoms with Crippen molar-refractivity contribution in [3.05, 3.63) is 70.6 Å². The van der Waals surface area contributed by atoms with Gasteiger partial charge in [-0.3, -0.25) is 9.59 Å². The average molecular weight is 553 g/mol. The number of aryl methyl sites for hydroxylation is 1. The molecule has 1 aliphatic carbocycles. The van der Waals surface area contributed by atoms with Gasteiger partial charge in [0, 0.05) is 15.5 Å². The van der Waals surface area contributed by atoms with Gasteiger partial charge in [0.2, 0.25) is 5.91 Å². The normalized spacial score (nSPS) is 13.2. The lowest BCUT2D eigenvalue weighted by Gasteiger charge is -2.16. The lowest BCUT2D eigenvalue weighted by atomic mass is 9.95. The first-order chi connectivity index (χ1) is 18.5. The Kier molecular flexibility index (Phi) is 9.84. The van der Waals surface area contributed by atoms with Crippen LogP contribution in [0.4, 0.5) is 10.7 Å². The van der Waals surface area contributed by atoms with E-state index in [0.29, 0.717) is 28.4 Å². The number of nitrogens with one attached hydrogen (secondary N) is 2. The first kappa shape index (κ1) is 27.7. The second-order valence-electron chi connectivity index (χ2n) is 8.82. The zero-order valence-corrected chi connectivity index (χ0v) is 23.2. The number of rotatable bonds is 11. The summed E-state index contributed by atoms with van der Waals surface area (Å²) in [5.74, 6) is -0.176. The highest BCUT2D eigenvalue weighted by molar-refractivity contribution is 8.00. The monoisotopic (exact) mass is 552 g/mol. The second kappa shape index (κ2) is 13.5. The highest BCUT2D eigenvalue weighted by atomic mass is 32.2. The number of ether oxygens (including phenoxy) is 2. The van der Waals surface area contributed by atoms with E-state index in [9.17, 15) is 14.4 Å². The first-order valence-corrected chi connectivity index (χ1v) is 14.5. The highest BCUT2D eigenvalue weighted by Gasteiger charge is 2.29. The molecule has 2 N–H and O–H groups in total. The van der Waals surface area contributed by atoms with Gasteiger partial charge in [0.05, 0.1) is 17.4 Å². The molecule has 3 aromatic rings. The van der Waals surface area contributed by atoms with Crippen molar-refractivity contribution in [2.45, 2.75) is 56.1 Å². The minimum Gasteiger partial charge on any atom is -0.484 e. The van der Waals surface area contributed by atoms with Gasteiger partial charge in [-0.1, -0.05) is 31.2 Å². The van der Waals surface area contributed by atoms with E-state index in [1.54, 1.807) is 25.1 Å². The molecular weight excluding hydrogens is 520 g/mol. The Balaban J connectivity index is 1.40. The van der Waals surface area contributed by atoms with Gasteiger partial charge in [-0.25, -0.2) is 4.79 Å². The Morgan fingerprint density at radius 3 is 2.55 bits per heavy atom. The fourth-order valence-corrected chi connectivity index (χ4v) is 6.56. The summed E-state index contributed by atoms with van der Waals surface area (Å²) in [7, 11) is 0. The van der Waals surface area contributed by atoms with E-state index in [2.05, 4.69) is 10.6 Å². The molecule has 200 valence electrons. The van der Waals surface area contributed by atoms with Crippen LogP contribution in [0.15, 0.2) is 59.5 Å². The number of benzene rings is 2. The maximum Gasteiger partial charge on any atom is 0.341 e. The third-order valence-electron chi connectivity index (χ3n) is 6.06. The molecule has 38 heavy (non-hydrogen) atoms. The number of carbonyl (C=O) groups excluding carboxylic acids is 3. The van der Waals surface area contributed by atoms with Crippen LogP contribution in [0.1, 0.15) is 53.9 Å². The number of anilines is 2. The molecule has 0 saturated carbocycles. The molecule has 1 unspecified atom stereocenters. The van der Waals surface area contributed by atoms with Gasteiger partial charge in [0.25, 0.3) is 5.91 Å². The molecule has 0 spiro atoms. The third-order valence-corrected chi connectivity index (χ3v) is 8.63. The Labute approximate surface area is 231 Å². The molecule has 0 saturated heterocycles. The lowest BCUT2D eigenvalue weighted by Crippen LogP contribution is -2.25. The van der Waals surface area contributed by atoms with Gasteiger partial charge in [0.15, 0.2) is 6.61 Å². The number of hydrogen-bond acceptors (Lipinski definition) is 7. The number of carbonyl (C=O) groups is 3. The fourth-order valence-electron chi connectivity index (χ4n) is 4.26. The summed E-state index contributed by atoms with van der Waals surface area (Å²) in [5.41, 5.74) is 2.17. The summed E-state index contributed by atoms with van der Waals surface area (Å²) >= 11 is 2.91. The summed E-state index contributed by atoms with van der Waals surface area (Å²) in [4.78, 5) is 40.4. The van der Waals surface area contributed by atoms with Crippen molar-refractivity contribution in [1.82, 2.24) is 0 Å². The highest BCUT2D eigenvalue weighted by Crippen LogP contribution is 2.39. The van der Waals surface area contributed by atoms with Crippen LogP contribution in [0.25, 0.3) is 0 Å². The predicted molar refractivity (Wildman–Crippen MR) is 152 cm³/mol. The van der Waals surface area contributed by atoms with Gasteiger partial charge in [-0.15, -0.1) is 23.1 Å². The summed E-state index contributed by atoms with van der Waals surface area (Å²) in [6.07, 6.45) is 4.46. The Morgan fingerprint density at radius 2 is 1.79 bits per heavy atom. The van der Waals surface area contributed by atoms with Crippen LogP contribution in [0.2, 0.25) is 0 Å². The van der Waals surface area contributed by atoms with Crippen LogP contribution >= 0.6 is 23.1 Å². The van der Waals surface area contributed by atoms with Crippen LogP contribution < -0.4 is 15.4 Å².